The lowest BCUT2D eigenvalue weighted by atomic mass is 10.2. The van der Waals surface area contributed by atoms with Crippen LogP contribution in [0.1, 0.15) is 12.0 Å². The minimum Gasteiger partial charge on any atom is -0.508 e. The number of phenols is 1. The van der Waals surface area contributed by atoms with E-state index in [4.69, 9.17) is 4.74 Å². The second-order valence-corrected chi connectivity index (χ2v) is 5.91. The normalized spacial score (nSPS) is 10.7. The molecule has 27 heavy (non-hydrogen) atoms. The van der Waals surface area contributed by atoms with Gasteiger partial charge in [-0.1, -0.05) is 60.7 Å². The van der Waals surface area contributed by atoms with E-state index in [1.54, 1.807) is 23.1 Å². The summed E-state index contributed by atoms with van der Waals surface area (Å²) in [5.41, 5.74) is 2.41. The Labute approximate surface area is 159 Å². The fraction of sp³-hybridized carbons (Fsp3) is 0.0870. The molecule has 0 aliphatic carbocycles. The van der Waals surface area contributed by atoms with Gasteiger partial charge in [-0.25, -0.2) is 9.69 Å². The Kier molecular flexibility index (Phi) is 6.26. The molecule has 0 aliphatic rings. The van der Waals surface area contributed by atoms with Crippen LogP contribution in [0.3, 0.4) is 0 Å². The van der Waals surface area contributed by atoms with Crippen molar-refractivity contribution in [3.05, 3.63) is 96.6 Å². The van der Waals surface area contributed by atoms with Crippen molar-refractivity contribution in [1.29, 1.82) is 0 Å². The van der Waals surface area contributed by atoms with E-state index in [0.717, 1.165) is 16.9 Å². The molecule has 0 aliphatic heterocycles. The maximum Gasteiger partial charge on any atom is 0.418 e. The van der Waals surface area contributed by atoms with Crippen LogP contribution in [0.2, 0.25) is 0 Å². The summed E-state index contributed by atoms with van der Waals surface area (Å²) in [4.78, 5) is 14.2. The van der Waals surface area contributed by atoms with Crippen molar-refractivity contribution in [3.63, 3.8) is 0 Å². The second kappa shape index (κ2) is 9.25. The second-order valence-electron chi connectivity index (χ2n) is 5.91. The van der Waals surface area contributed by atoms with Crippen LogP contribution < -0.4 is 4.90 Å². The molecule has 3 aromatic rings. The van der Waals surface area contributed by atoms with E-state index in [2.05, 4.69) is 0 Å². The van der Waals surface area contributed by atoms with Crippen molar-refractivity contribution < 1.29 is 14.6 Å². The molecule has 0 aromatic heterocycles. The molecule has 3 rings (SSSR count). The van der Waals surface area contributed by atoms with Crippen molar-refractivity contribution in [2.24, 2.45) is 0 Å². The minimum absolute atomic E-state index is 0.227. The SMILES string of the molecule is O=C(OCCC=Cc1cccc(O)c1)N(c1ccccc1)c1ccccc1. The number of aromatic hydroxyl groups is 1. The number of ether oxygens (including phenoxy) is 1. The summed E-state index contributed by atoms with van der Waals surface area (Å²) < 4.78 is 5.46. The summed E-state index contributed by atoms with van der Waals surface area (Å²) in [6, 6.07) is 25.8. The Balaban J connectivity index is 1.62. The zero-order chi connectivity index (χ0) is 18.9. The lowest BCUT2D eigenvalue weighted by Gasteiger charge is -2.22. The number of hydrogen-bond acceptors (Lipinski definition) is 3. The highest BCUT2D eigenvalue weighted by Crippen LogP contribution is 2.25. The third-order valence-electron chi connectivity index (χ3n) is 3.90. The number of para-hydroxylation sites is 2. The molecule has 0 spiro atoms. The summed E-state index contributed by atoms with van der Waals surface area (Å²) in [6.07, 6.45) is 3.97. The van der Waals surface area contributed by atoms with E-state index in [9.17, 15) is 9.90 Å². The van der Waals surface area contributed by atoms with Crippen LogP contribution in [-0.4, -0.2) is 17.8 Å². The molecular formula is C23H21NO3. The minimum atomic E-state index is -0.418. The standard InChI is InChI=1S/C23H21NO3/c25-22-16-9-11-19(18-22)10-7-8-17-27-23(26)24(20-12-3-1-4-13-20)21-14-5-2-6-15-21/h1-7,9-16,18,25H,8,17H2. The van der Waals surface area contributed by atoms with Crippen LogP contribution >= 0.6 is 0 Å². The van der Waals surface area contributed by atoms with Gasteiger partial charge in [-0.2, -0.15) is 0 Å². The monoisotopic (exact) mass is 359 g/mol. The van der Waals surface area contributed by atoms with Crippen LogP contribution in [0, 0.1) is 0 Å². The Bertz CT molecular complexity index is 852. The third-order valence-corrected chi connectivity index (χ3v) is 3.90. The Morgan fingerprint density at radius 3 is 2.11 bits per heavy atom. The number of amides is 1. The first-order chi connectivity index (χ1) is 13.2. The molecule has 0 saturated heterocycles. The van der Waals surface area contributed by atoms with Gasteiger partial charge in [-0.3, -0.25) is 0 Å². The van der Waals surface area contributed by atoms with Gasteiger partial charge in [0, 0.05) is 0 Å². The largest absolute Gasteiger partial charge is 0.508 e. The Hall–Kier alpha value is -3.53. The molecule has 1 amide bonds. The first kappa shape index (κ1) is 18.3. The number of hydrogen-bond donors (Lipinski definition) is 1. The fourth-order valence-corrected chi connectivity index (χ4v) is 2.64. The lowest BCUT2D eigenvalue weighted by molar-refractivity contribution is 0.158. The molecule has 1 N–H and O–H groups in total. The van der Waals surface area contributed by atoms with Crippen molar-refractivity contribution in [2.75, 3.05) is 11.5 Å². The lowest BCUT2D eigenvalue weighted by Crippen LogP contribution is -2.27. The van der Waals surface area contributed by atoms with E-state index >= 15 is 0 Å². The number of phenolic OH excluding ortho intramolecular Hbond substituents is 1. The molecule has 0 radical (unpaired) electrons. The number of carbonyl (C=O) groups excluding carboxylic acids is 1. The zero-order valence-corrected chi connectivity index (χ0v) is 14.9. The first-order valence-corrected chi connectivity index (χ1v) is 8.76. The molecular weight excluding hydrogens is 338 g/mol. The van der Waals surface area contributed by atoms with Crippen LogP contribution in [0.4, 0.5) is 16.2 Å². The summed E-state index contributed by atoms with van der Waals surface area (Å²) >= 11 is 0. The molecule has 0 bridgehead atoms. The van der Waals surface area contributed by atoms with E-state index in [1.165, 1.54) is 0 Å². The molecule has 0 atom stereocenters. The molecule has 0 heterocycles. The van der Waals surface area contributed by atoms with Crippen LogP contribution in [0.25, 0.3) is 6.08 Å². The average molecular weight is 359 g/mol. The maximum atomic E-state index is 12.7. The molecule has 4 nitrogen and oxygen atoms in total. The van der Waals surface area contributed by atoms with Gasteiger partial charge in [0.25, 0.3) is 0 Å². The van der Waals surface area contributed by atoms with Gasteiger partial charge in [0.05, 0.1) is 18.0 Å². The van der Waals surface area contributed by atoms with E-state index in [1.807, 2.05) is 78.9 Å². The third kappa shape index (κ3) is 5.22. The molecule has 136 valence electrons. The highest BCUT2D eigenvalue weighted by molar-refractivity contribution is 5.95. The van der Waals surface area contributed by atoms with Gasteiger partial charge in [-0.15, -0.1) is 0 Å². The molecule has 0 unspecified atom stereocenters. The molecule has 4 heteroatoms. The quantitative estimate of drug-likeness (QED) is 0.568. The van der Waals surface area contributed by atoms with Crippen molar-refractivity contribution in [1.82, 2.24) is 0 Å². The smallest absolute Gasteiger partial charge is 0.418 e. The van der Waals surface area contributed by atoms with Crippen molar-refractivity contribution in [2.45, 2.75) is 6.42 Å². The Morgan fingerprint density at radius 1 is 0.889 bits per heavy atom. The van der Waals surface area contributed by atoms with Gasteiger partial charge in [0.2, 0.25) is 0 Å². The summed E-state index contributed by atoms with van der Waals surface area (Å²) in [5, 5.41) is 9.46. The highest BCUT2D eigenvalue weighted by atomic mass is 16.6. The van der Waals surface area contributed by atoms with Gasteiger partial charge in [0.15, 0.2) is 0 Å². The number of anilines is 2. The molecule has 3 aromatic carbocycles. The van der Waals surface area contributed by atoms with Crippen LogP contribution in [0.5, 0.6) is 5.75 Å². The van der Waals surface area contributed by atoms with Crippen LogP contribution in [0.15, 0.2) is 91.0 Å². The number of benzene rings is 3. The predicted molar refractivity (Wildman–Crippen MR) is 108 cm³/mol. The number of rotatable bonds is 6. The van der Waals surface area contributed by atoms with Gasteiger partial charge >= 0.3 is 6.09 Å². The first-order valence-electron chi connectivity index (χ1n) is 8.76. The van der Waals surface area contributed by atoms with Crippen molar-refractivity contribution in [3.8, 4) is 5.75 Å². The summed E-state index contributed by atoms with van der Waals surface area (Å²) in [7, 11) is 0. The average Bonchev–Trinajstić information content (AvgIpc) is 2.70. The maximum absolute atomic E-state index is 12.7. The van der Waals surface area contributed by atoms with E-state index < -0.39 is 6.09 Å². The van der Waals surface area contributed by atoms with E-state index in [0.29, 0.717) is 6.42 Å². The van der Waals surface area contributed by atoms with Gasteiger partial charge in [-0.05, 0) is 48.4 Å². The number of nitrogens with zero attached hydrogens (tertiary/aromatic N) is 1. The topological polar surface area (TPSA) is 49.8 Å². The summed E-state index contributed by atoms with van der Waals surface area (Å²) in [5.74, 6) is 0.227. The highest BCUT2D eigenvalue weighted by Gasteiger charge is 2.18. The molecule has 0 fully saturated rings. The fourth-order valence-electron chi connectivity index (χ4n) is 2.64. The number of carbonyl (C=O) groups is 1. The van der Waals surface area contributed by atoms with Crippen LogP contribution in [-0.2, 0) is 4.74 Å². The zero-order valence-electron chi connectivity index (χ0n) is 14.9. The Morgan fingerprint density at radius 2 is 1.52 bits per heavy atom. The molecule has 0 saturated carbocycles. The van der Waals surface area contributed by atoms with Gasteiger partial charge < -0.3 is 9.84 Å². The van der Waals surface area contributed by atoms with E-state index in [-0.39, 0.29) is 12.4 Å². The summed E-state index contributed by atoms with van der Waals surface area (Å²) in [6.45, 7) is 0.268. The van der Waals surface area contributed by atoms with Gasteiger partial charge in [0.1, 0.15) is 5.75 Å². The predicted octanol–water partition coefficient (Wildman–Crippen LogP) is 5.77. The van der Waals surface area contributed by atoms with Crippen molar-refractivity contribution >= 4 is 23.5 Å².